The highest BCUT2D eigenvalue weighted by Gasteiger charge is 2.18. The molecule has 0 fully saturated rings. The van der Waals surface area contributed by atoms with Gasteiger partial charge in [0.2, 0.25) is 0 Å². The number of esters is 1. The molecule has 0 amide bonds. The van der Waals surface area contributed by atoms with Gasteiger partial charge in [-0.15, -0.1) is 0 Å². The quantitative estimate of drug-likeness (QED) is 0.478. The molecule has 1 unspecified atom stereocenters. The molecule has 5 heteroatoms. The monoisotopic (exact) mass is 235 g/mol. The van der Waals surface area contributed by atoms with E-state index in [4.69, 9.17) is 0 Å². The molecular formula is C10H21NO3S. The van der Waals surface area contributed by atoms with E-state index < -0.39 is 5.60 Å². The van der Waals surface area contributed by atoms with Gasteiger partial charge in [0.05, 0.1) is 12.7 Å². The molecule has 0 heterocycles. The number of aliphatic hydroxyl groups is 1. The maximum atomic E-state index is 10.8. The SMILES string of the molecule is COC(=O)CCCNCC(C)(O)CSC. The summed E-state index contributed by atoms with van der Waals surface area (Å²) in [5, 5.41) is 12.9. The third kappa shape index (κ3) is 8.72. The number of nitrogens with one attached hydrogen (secondary N) is 1. The molecule has 0 radical (unpaired) electrons. The van der Waals surface area contributed by atoms with Gasteiger partial charge in [-0.2, -0.15) is 11.8 Å². The second kappa shape index (κ2) is 7.96. The Labute approximate surface area is 95.8 Å². The standard InChI is InChI=1S/C10H21NO3S/c1-10(13,8-15-3)7-11-6-4-5-9(12)14-2/h11,13H,4-8H2,1-3H3. The van der Waals surface area contributed by atoms with Crippen molar-refractivity contribution in [2.24, 2.45) is 0 Å². The summed E-state index contributed by atoms with van der Waals surface area (Å²) < 4.78 is 4.52. The van der Waals surface area contributed by atoms with Crippen molar-refractivity contribution >= 4 is 17.7 Å². The van der Waals surface area contributed by atoms with Crippen molar-refractivity contribution in [2.45, 2.75) is 25.4 Å². The topological polar surface area (TPSA) is 58.6 Å². The molecule has 0 aliphatic rings. The van der Waals surface area contributed by atoms with Crippen LogP contribution in [0.3, 0.4) is 0 Å². The summed E-state index contributed by atoms with van der Waals surface area (Å²) in [5.41, 5.74) is -0.676. The number of carbonyl (C=O) groups excluding carboxylic acids is 1. The van der Waals surface area contributed by atoms with Gasteiger partial charge in [0.1, 0.15) is 0 Å². The van der Waals surface area contributed by atoms with Crippen LogP contribution in [0.1, 0.15) is 19.8 Å². The molecule has 90 valence electrons. The molecule has 2 N–H and O–H groups in total. The fourth-order valence-corrected chi connectivity index (χ4v) is 1.90. The Morgan fingerprint density at radius 1 is 1.60 bits per heavy atom. The van der Waals surface area contributed by atoms with E-state index in [0.717, 1.165) is 13.0 Å². The number of hydrogen-bond acceptors (Lipinski definition) is 5. The predicted molar refractivity (Wildman–Crippen MR) is 63.1 cm³/mol. The molecule has 0 aromatic heterocycles. The van der Waals surface area contributed by atoms with Gasteiger partial charge in [-0.25, -0.2) is 0 Å². The van der Waals surface area contributed by atoms with Gasteiger partial charge in [0.15, 0.2) is 0 Å². The molecule has 0 aromatic rings. The fourth-order valence-electron chi connectivity index (χ4n) is 1.18. The van der Waals surface area contributed by atoms with E-state index in [2.05, 4.69) is 10.1 Å². The molecule has 0 aliphatic carbocycles. The number of carbonyl (C=O) groups is 1. The van der Waals surface area contributed by atoms with E-state index in [9.17, 15) is 9.90 Å². The van der Waals surface area contributed by atoms with Gasteiger partial charge in [0.25, 0.3) is 0 Å². The Morgan fingerprint density at radius 2 is 2.27 bits per heavy atom. The van der Waals surface area contributed by atoms with Gasteiger partial charge < -0.3 is 15.2 Å². The highest BCUT2D eigenvalue weighted by molar-refractivity contribution is 7.98. The summed E-state index contributed by atoms with van der Waals surface area (Å²) in [6, 6.07) is 0. The first-order valence-electron chi connectivity index (χ1n) is 5.00. The van der Waals surface area contributed by atoms with Crippen molar-refractivity contribution in [2.75, 3.05) is 32.2 Å². The zero-order chi connectivity index (χ0) is 11.7. The third-order valence-corrected chi connectivity index (χ3v) is 2.83. The highest BCUT2D eigenvalue weighted by atomic mass is 32.2. The van der Waals surface area contributed by atoms with Gasteiger partial charge in [-0.1, -0.05) is 0 Å². The van der Waals surface area contributed by atoms with E-state index in [0.29, 0.717) is 18.7 Å². The van der Waals surface area contributed by atoms with Crippen LogP contribution >= 0.6 is 11.8 Å². The molecule has 0 rings (SSSR count). The van der Waals surface area contributed by atoms with Crippen molar-refractivity contribution in [1.29, 1.82) is 0 Å². The average Bonchev–Trinajstić information content (AvgIpc) is 2.16. The van der Waals surface area contributed by atoms with Gasteiger partial charge in [-0.3, -0.25) is 4.79 Å². The van der Waals surface area contributed by atoms with Gasteiger partial charge >= 0.3 is 5.97 Å². The number of rotatable bonds is 8. The van der Waals surface area contributed by atoms with Gasteiger partial charge in [-0.05, 0) is 26.1 Å². The van der Waals surface area contributed by atoms with Crippen LogP contribution < -0.4 is 5.32 Å². The van der Waals surface area contributed by atoms with Crippen LogP contribution in [0.25, 0.3) is 0 Å². The summed E-state index contributed by atoms with van der Waals surface area (Å²) in [5.74, 6) is 0.518. The Balaban J connectivity index is 3.41. The lowest BCUT2D eigenvalue weighted by Crippen LogP contribution is -2.40. The normalized spacial score (nSPS) is 14.7. The van der Waals surface area contributed by atoms with Gasteiger partial charge in [0, 0.05) is 18.7 Å². The molecule has 1 atom stereocenters. The summed E-state index contributed by atoms with van der Waals surface area (Å²) in [4.78, 5) is 10.8. The highest BCUT2D eigenvalue weighted by Crippen LogP contribution is 2.08. The summed E-state index contributed by atoms with van der Waals surface area (Å²) in [6.45, 7) is 3.07. The van der Waals surface area contributed by atoms with E-state index in [-0.39, 0.29) is 5.97 Å². The summed E-state index contributed by atoms with van der Waals surface area (Å²) >= 11 is 1.62. The van der Waals surface area contributed by atoms with Crippen LogP contribution in [0.5, 0.6) is 0 Å². The molecule has 0 bridgehead atoms. The number of thioether (sulfide) groups is 1. The van der Waals surface area contributed by atoms with E-state index >= 15 is 0 Å². The Hall–Kier alpha value is -0.260. The molecule has 0 saturated carbocycles. The summed E-state index contributed by atoms with van der Waals surface area (Å²) in [7, 11) is 1.39. The van der Waals surface area contributed by atoms with Crippen molar-refractivity contribution in [3.05, 3.63) is 0 Å². The lowest BCUT2D eigenvalue weighted by Gasteiger charge is -2.22. The molecule has 0 saturated heterocycles. The van der Waals surface area contributed by atoms with E-state index in [1.54, 1.807) is 18.7 Å². The largest absolute Gasteiger partial charge is 0.469 e. The van der Waals surface area contributed by atoms with E-state index in [1.165, 1.54) is 7.11 Å². The first-order valence-corrected chi connectivity index (χ1v) is 6.40. The molecule has 0 aliphatic heterocycles. The Morgan fingerprint density at radius 3 is 2.80 bits per heavy atom. The second-order valence-electron chi connectivity index (χ2n) is 3.79. The number of hydrogen-bond donors (Lipinski definition) is 2. The molecular weight excluding hydrogens is 214 g/mol. The Kier molecular flexibility index (Phi) is 7.82. The van der Waals surface area contributed by atoms with E-state index in [1.807, 2.05) is 6.26 Å². The van der Waals surface area contributed by atoms with Crippen LogP contribution in [-0.4, -0.2) is 48.9 Å². The lowest BCUT2D eigenvalue weighted by molar-refractivity contribution is -0.140. The van der Waals surface area contributed by atoms with Crippen molar-refractivity contribution < 1.29 is 14.6 Å². The molecule has 15 heavy (non-hydrogen) atoms. The lowest BCUT2D eigenvalue weighted by atomic mass is 10.1. The third-order valence-electron chi connectivity index (χ3n) is 1.92. The minimum Gasteiger partial charge on any atom is -0.469 e. The zero-order valence-electron chi connectivity index (χ0n) is 9.71. The maximum Gasteiger partial charge on any atom is 0.305 e. The first kappa shape index (κ1) is 14.7. The molecule has 0 spiro atoms. The minimum atomic E-state index is -0.676. The van der Waals surface area contributed by atoms with Crippen molar-refractivity contribution in [3.63, 3.8) is 0 Å². The second-order valence-corrected chi connectivity index (χ2v) is 4.65. The zero-order valence-corrected chi connectivity index (χ0v) is 10.5. The van der Waals surface area contributed by atoms with Crippen LogP contribution in [0.15, 0.2) is 0 Å². The van der Waals surface area contributed by atoms with Crippen LogP contribution in [-0.2, 0) is 9.53 Å². The minimum absolute atomic E-state index is 0.187. The van der Waals surface area contributed by atoms with Crippen LogP contribution in [0.2, 0.25) is 0 Å². The fraction of sp³-hybridized carbons (Fsp3) is 0.900. The maximum absolute atomic E-state index is 10.8. The predicted octanol–water partition coefficient (Wildman–Crippen LogP) is 0.643. The van der Waals surface area contributed by atoms with Crippen molar-refractivity contribution in [1.82, 2.24) is 5.32 Å². The number of ether oxygens (including phenoxy) is 1. The smallest absolute Gasteiger partial charge is 0.305 e. The first-order chi connectivity index (χ1) is 7.02. The Bertz CT molecular complexity index is 186. The summed E-state index contributed by atoms with van der Waals surface area (Å²) in [6.07, 6.45) is 3.13. The average molecular weight is 235 g/mol. The van der Waals surface area contributed by atoms with Crippen LogP contribution in [0, 0.1) is 0 Å². The molecule has 0 aromatic carbocycles. The van der Waals surface area contributed by atoms with Crippen molar-refractivity contribution in [3.8, 4) is 0 Å². The number of methoxy groups -OCH3 is 1. The van der Waals surface area contributed by atoms with Crippen LogP contribution in [0.4, 0.5) is 0 Å². The molecule has 4 nitrogen and oxygen atoms in total.